The van der Waals surface area contributed by atoms with Gasteiger partial charge in [0.1, 0.15) is 0 Å². The van der Waals surface area contributed by atoms with Gasteiger partial charge in [-0.05, 0) is 43.4 Å². The third-order valence-corrected chi connectivity index (χ3v) is 7.11. The van der Waals surface area contributed by atoms with Crippen LogP contribution in [0.2, 0.25) is 0 Å². The van der Waals surface area contributed by atoms with Gasteiger partial charge in [-0.3, -0.25) is 9.59 Å². The van der Waals surface area contributed by atoms with E-state index in [1.54, 1.807) is 0 Å². The number of fused-ring (bicyclic) bond motifs is 1. The maximum absolute atomic E-state index is 13.6. The number of hydrogen-bond acceptors (Lipinski definition) is 4. The molecule has 1 atom stereocenters. The van der Waals surface area contributed by atoms with E-state index in [0.717, 1.165) is 42.7 Å². The predicted molar refractivity (Wildman–Crippen MR) is 107 cm³/mol. The Labute approximate surface area is 172 Å². The molecule has 6 heteroatoms. The van der Waals surface area contributed by atoms with Gasteiger partial charge in [-0.1, -0.05) is 31.7 Å². The molecule has 1 aromatic rings. The van der Waals surface area contributed by atoms with E-state index in [4.69, 9.17) is 9.47 Å². The van der Waals surface area contributed by atoms with E-state index >= 15 is 0 Å². The van der Waals surface area contributed by atoms with Gasteiger partial charge in [0.15, 0.2) is 11.5 Å². The Balaban J connectivity index is 1.32. The SMILES string of the molecule is O=C1C[C@@H](C(=O)N(Cc2ccc3c(c2)OCO3)C2CCCC2)CN1C1CCCC1. The molecular weight excluding hydrogens is 368 g/mol. The molecule has 6 nitrogen and oxygen atoms in total. The first-order valence-corrected chi connectivity index (χ1v) is 11.2. The molecule has 2 aliphatic carbocycles. The first-order chi connectivity index (χ1) is 14.2. The van der Waals surface area contributed by atoms with Crippen molar-refractivity contribution in [2.45, 2.75) is 76.4 Å². The summed E-state index contributed by atoms with van der Waals surface area (Å²) in [6.07, 6.45) is 9.43. The van der Waals surface area contributed by atoms with Crippen molar-refractivity contribution >= 4 is 11.8 Å². The highest BCUT2D eigenvalue weighted by molar-refractivity contribution is 5.89. The van der Waals surface area contributed by atoms with Gasteiger partial charge in [0.25, 0.3) is 0 Å². The van der Waals surface area contributed by atoms with Crippen molar-refractivity contribution in [3.63, 3.8) is 0 Å². The van der Waals surface area contributed by atoms with Crippen molar-refractivity contribution in [1.82, 2.24) is 9.80 Å². The monoisotopic (exact) mass is 398 g/mol. The fourth-order valence-electron chi connectivity index (χ4n) is 5.54. The molecule has 2 aliphatic heterocycles. The lowest BCUT2D eigenvalue weighted by molar-refractivity contribution is -0.138. The van der Waals surface area contributed by atoms with Crippen LogP contribution in [0.5, 0.6) is 11.5 Å². The predicted octanol–water partition coefficient (Wildman–Crippen LogP) is 3.48. The normalized spacial score (nSPS) is 24.6. The van der Waals surface area contributed by atoms with E-state index in [0.29, 0.717) is 25.6 Å². The van der Waals surface area contributed by atoms with E-state index in [2.05, 4.69) is 4.90 Å². The molecule has 0 unspecified atom stereocenters. The second kappa shape index (κ2) is 7.88. The number of nitrogens with zero attached hydrogens (tertiary/aromatic N) is 2. The zero-order valence-corrected chi connectivity index (χ0v) is 17.0. The van der Waals surface area contributed by atoms with Crippen LogP contribution in [0.1, 0.15) is 63.4 Å². The smallest absolute Gasteiger partial charge is 0.231 e. The second-order valence-electron chi connectivity index (χ2n) is 8.98. The molecule has 0 N–H and O–H groups in total. The van der Waals surface area contributed by atoms with Gasteiger partial charge in [-0.25, -0.2) is 0 Å². The molecule has 4 aliphatic rings. The van der Waals surface area contributed by atoms with Gasteiger partial charge in [0, 0.05) is 31.6 Å². The zero-order chi connectivity index (χ0) is 19.8. The number of likely N-dealkylation sites (tertiary alicyclic amines) is 1. The van der Waals surface area contributed by atoms with Crippen LogP contribution >= 0.6 is 0 Å². The highest BCUT2D eigenvalue weighted by Gasteiger charge is 2.41. The van der Waals surface area contributed by atoms with Crippen LogP contribution in [0.3, 0.4) is 0 Å². The van der Waals surface area contributed by atoms with Gasteiger partial charge < -0.3 is 19.3 Å². The summed E-state index contributed by atoms with van der Waals surface area (Å²) in [5.41, 5.74) is 1.06. The fraction of sp³-hybridized carbons (Fsp3) is 0.652. The fourth-order valence-corrected chi connectivity index (χ4v) is 5.54. The molecule has 2 heterocycles. The Kier molecular flexibility index (Phi) is 5.10. The highest BCUT2D eigenvalue weighted by Crippen LogP contribution is 2.35. The number of rotatable bonds is 5. The summed E-state index contributed by atoms with van der Waals surface area (Å²) in [6, 6.07) is 6.57. The quantitative estimate of drug-likeness (QED) is 0.762. The largest absolute Gasteiger partial charge is 0.454 e. The van der Waals surface area contributed by atoms with Crippen LogP contribution < -0.4 is 9.47 Å². The van der Waals surface area contributed by atoms with E-state index in [1.807, 2.05) is 23.1 Å². The van der Waals surface area contributed by atoms with Gasteiger partial charge in [0.05, 0.1) is 5.92 Å². The molecule has 5 rings (SSSR count). The van der Waals surface area contributed by atoms with Gasteiger partial charge in [-0.2, -0.15) is 0 Å². The summed E-state index contributed by atoms with van der Waals surface area (Å²) in [5.74, 6) is 1.65. The minimum atomic E-state index is -0.197. The van der Waals surface area contributed by atoms with Crippen molar-refractivity contribution in [1.29, 1.82) is 0 Å². The third-order valence-electron chi connectivity index (χ3n) is 7.11. The van der Waals surface area contributed by atoms with Crippen molar-refractivity contribution < 1.29 is 19.1 Å². The molecule has 0 spiro atoms. The molecule has 0 radical (unpaired) electrons. The summed E-state index contributed by atoms with van der Waals surface area (Å²) < 4.78 is 10.9. The van der Waals surface area contributed by atoms with Crippen molar-refractivity contribution in [2.75, 3.05) is 13.3 Å². The Hall–Kier alpha value is -2.24. The average Bonchev–Trinajstić information content (AvgIpc) is 3.52. The van der Waals surface area contributed by atoms with Crippen LogP contribution in [0.15, 0.2) is 18.2 Å². The number of ether oxygens (including phenoxy) is 2. The Morgan fingerprint density at radius 1 is 1.03 bits per heavy atom. The lowest BCUT2D eigenvalue weighted by Gasteiger charge is -2.32. The Morgan fingerprint density at radius 3 is 2.55 bits per heavy atom. The first-order valence-electron chi connectivity index (χ1n) is 11.2. The topological polar surface area (TPSA) is 59.1 Å². The van der Waals surface area contributed by atoms with E-state index in [9.17, 15) is 9.59 Å². The van der Waals surface area contributed by atoms with Gasteiger partial charge in [0.2, 0.25) is 18.6 Å². The molecule has 0 aromatic heterocycles. The highest BCUT2D eigenvalue weighted by atomic mass is 16.7. The number of carbonyl (C=O) groups is 2. The van der Waals surface area contributed by atoms with Crippen molar-refractivity contribution in [3.05, 3.63) is 23.8 Å². The molecular formula is C23H30N2O4. The molecule has 1 saturated heterocycles. The molecule has 1 aromatic carbocycles. The number of hydrogen-bond donors (Lipinski definition) is 0. The van der Waals surface area contributed by atoms with Crippen molar-refractivity contribution in [2.24, 2.45) is 5.92 Å². The first kappa shape index (κ1) is 18.8. The lowest BCUT2D eigenvalue weighted by Crippen LogP contribution is -2.43. The number of carbonyl (C=O) groups excluding carboxylic acids is 2. The van der Waals surface area contributed by atoms with Gasteiger partial charge >= 0.3 is 0 Å². The molecule has 156 valence electrons. The lowest BCUT2D eigenvalue weighted by atomic mass is 10.0. The van der Waals surface area contributed by atoms with Crippen LogP contribution in [-0.4, -0.2) is 47.0 Å². The molecule has 2 saturated carbocycles. The summed E-state index contributed by atoms with van der Waals surface area (Å²) in [4.78, 5) is 30.3. The number of amides is 2. The Morgan fingerprint density at radius 2 is 1.76 bits per heavy atom. The van der Waals surface area contributed by atoms with E-state index in [-0.39, 0.29) is 30.6 Å². The van der Waals surface area contributed by atoms with Crippen molar-refractivity contribution in [3.8, 4) is 11.5 Å². The minimum Gasteiger partial charge on any atom is -0.454 e. The molecule has 29 heavy (non-hydrogen) atoms. The molecule has 3 fully saturated rings. The maximum atomic E-state index is 13.6. The van der Waals surface area contributed by atoms with Crippen LogP contribution in [0.4, 0.5) is 0 Å². The molecule has 0 bridgehead atoms. The van der Waals surface area contributed by atoms with E-state index < -0.39 is 0 Å². The number of benzene rings is 1. The second-order valence-corrected chi connectivity index (χ2v) is 8.98. The zero-order valence-electron chi connectivity index (χ0n) is 17.0. The van der Waals surface area contributed by atoms with E-state index in [1.165, 1.54) is 25.7 Å². The van der Waals surface area contributed by atoms with Crippen LogP contribution in [0.25, 0.3) is 0 Å². The Bertz CT molecular complexity index is 783. The standard InChI is InChI=1S/C23H30N2O4/c26-22-12-17(14-24(22)18-5-1-2-6-18)23(27)25(19-7-3-4-8-19)13-16-9-10-20-21(11-16)29-15-28-20/h9-11,17-19H,1-8,12-15H2/t17-/m1/s1. The average molecular weight is 399 g/mol. The summed E-state index contributed by atoms with van der Waals surface area (Å²) >= 11 is 0. The molecule has 2 amide bonds. The summed E-state index contributed by atoms with van der Waals surface area (Å²) in [6.45, 7) is 1.44. The summed E-state index contributed by atoms with van der Waals surface area (Å²) in [5, 5.41) is 0. The van der Waals surface area contributed by atoms with Crippen LogP contribution in [-0.2, 0) is 16.1 Å². The summed E-state index contributed by atoms with van der Waals surface area (Å²) in [7, 11) is 0. The van der Waals surface area contributed by atoms with Gasteiger partial charge in [-0.15, -0.1) is 0 Å². The van der Waals surface area contributed by atoms with Crippen LogP contribution in [0, 0.1) is 5.92 Å². The maximum Gasteiger partial charge on any atom is 0.231 e. The minimum absolute atomic E-state index is 0.156. The third kappa shape index (κ3) is 3.69.